The largest absolute Gasteiger partial charge is 0.409 e. The molecule has 0 aliphatic carbocycles. The maximum absolute atomic E-state index is 13.9. The molecule has 4 N–H and O–H groups in total. The van der Waals surface area contributed by atoms with Crippen molar-refractivity contribution in [1.82, 2.24) is 9.78 Å². The van der Waals surface area contributed by atoms with Gasteiger partial charge >= 0.3 is 0 Å². The number of hydrogen-bond donors (Lipinski definition) is 3. The summed E-state index contributed by atoms with van der Waals surface area (Å²) in [6.07, 6.45) is 1.83. The second kappa shape index (κ2) is 5.60. The molecule has 0 aliphatic rings. The van der Waals surface area contributed by atoms with Crippen molar-refractivity contribution in [2.24, 2.45) is 17.9 Å². The smallest absolute Gasteiger partial charge is 0.170 e. The summed E-state index contributed by atoms with van der Waals surface area (Å²) in [6, 6.07) is 4.44. The van der Waals surface area contributed by atoms with E-state index in [1.54, 1.807) is 16.8 Å². The Bertz CT molecular complexity index is 650. The topological polar surface area (TPSA) is 88.5 Å². The minimum absolute atomic E-state index is 0.119. The van der Waals surface area contributed by atoms with E-state index in [1.165, 1.54) is 6.07 Å². The molecule has 1 aromatic heterocycles. The van der Waals surface area contributed by atoms with Gasteiger partial charge in [-0.1, -0.05) is 17.3 Å². The molecule has 6 nitrogen and oxygen atoms in total. The Morgan fingerprint density at radius 2 is 2.30 bits per heavy atom. The van der Waals surface area contributed by atoms with Crippen LogP contribution in [-0.2, 0) is 13.6 Å². The molecule has 0 unspecified atom stereocenters. The lowest BCUT2D eigenvalue weighted by Gasteiger charge is -2.07. The fourth-order valence-corrected chi connectivity index (χ4v) is 1.87. The van der Waals surface area contributed by atoms with Gasteiger partial charge < -0.3 is 16.3 Å². The first-order valence-electron chi connectivity index (χ1n) is 6.01. The number of anilines is 1. The molecule has 0 bridgehead atoms. The van der Waals surface area contributed by atoms with Gasteiger partial charge in [-0.25, -0.2) is 4.39 Å². The standard InChI is InChI=1S/C13H16FN5O/c1-8-12(7-19(2)17-8)16-6-10-4-3-9(5-11(10)14)13(15)18-20/h3-5,7,16,20H,6H2,1-2H3,(H2,15,18). The van der Waals surface area contributed by atoms with Crippen LogP contribution >= 0.6 is 0 Å². The van der Waals surface area contributed by atoms with Crippen molar-refractivity contribution in [2.45, 2.75) is 13.5 Å². The van der Waals surface area contributed by atoms with Crippen LogP contribution in [0.5, 0.6) is 0 Å². The quantitative estimate of drug-likeness (QED) is 0.342. The van der Waals surface area contributed by atoms with Crippen LogP contribution in [0.15, 0.2) is 29.6 Å². The molecule has 0 radical (unpaired) electrons. The highest BCUT2D eigenvalue weighted by molar-refractivity contribution is 5.97. The van der Waals surface area contributed by atoms with Gasteiger partial charge in [-0.2, -0.15) is 5.10 Å². The van der Waals surface area contributed by atoms with Gasteiger partial charge in [0.2, 0.25) is 0 Å². The second-order valence-electron chi connectivity index (χ2n) is 4.45. The van der Waals surface area contributed by atoms with Crippen LogP contribution in [0, 0.1) is 12.7 Å². The summed E-state index contributed by atoms with van der Waals surface area (Å²) >= 11 is 0. The molecule has 0 atom stereocenters. The Morgan fingerprint density at radius 1 is 1.55 bits per heavy atom. The second-order valence-corrected chi connectivity index (χ2v) is 4.45. The van der Waals surface area contributed by atoms with Crippen molar-refractivity contribution in [3.8, 4) is 0 Å². The van der Waals surface area contributed by atoms with Gasteiger partial charge in [-0.15, -0.1) is 0 Å². The van der Waals surface area contributed by atoms with Crippen LogP contribution in [0.1, 0.15) is 16.8 Å². The number of aryl methyl sites for hydroxylation is 2. The lowest BCUT2D eigenvalue weighted by Crippen LogP contribution is -2.14. The first-order valence-corrected chi connectivity index (χ1v) is 6.01. The number of nitrogens with two attached hydrogens (primary N) is 1. The van der Waals surface area contributed by atoms with Gasteiger partial charge in [0.15, 0.2) is 5.84 Å². The van der Waals surface area contributed by atoms with Crippen LogP contribution in [0.4, 0.5) is 10.1 Å². The first kappa shape index (κ1) is 13.9. The summed E-state index contributed by atoms with van der Waals surface area (Å²) in [4.78, 5) is 0. The Kier molecular flexibility index (Phi) is 3.88. The van der Waals surface area contributed by atoms with Gasteiger partial charge in [-0.3, -0.25) is 4.68 Å². The number of nitrogens with one attached hydrogen (secondary N) is 1. The van der Waals surface area contributed by atoms with Crippen LogP contribution in [0.2, 0.25) is 0 Å². The molecule has 1 aromatic carbocycles. The van der Waals surface area contributed by atoms with E-state index in [0.717, 1.165) is 11.4 Å². The van der Waals surface area contributed by atoms with Crippen LogP contribution < -0.4 is 11.1 Å². The van der Waals surface area contributed by atoms with Gasteiger partial charge in [0, 0.05) is 30.9 Å². The summed E-state index contributed by atoms with van der Waals surface area (Å²) in [7, 11) is 1.82. The monoisotopic (exact) mass is 277 g/mol. The van der Waals surface area contributed by atoms with Gasteiger partial charge in [0.25, 0.3) is 0 Å². The van der Waals surface area contributed by atoms with E-state index >= 15 is 0 Å². The molecular weight excluding hydrogens is 261 g/mol. The van der Waals surface area contributed by atoms with Gasteiger partial charge in [0.1, 0.15) is 5.82 Å². The van der Waals surface area contributed by atoms with Crippen LogP contribution in [0.25, 0.3) is 0 Å². The molecule has 106 valence electrons. The lowest BCUT2D eigenvalue weighted by atomic mass is 10.1. The molecule has 0 spiro atoms. The third-order valence-corrected chi connectivity index (χ3v) is 2.94. The molecular formula is C13H16FN5O. The van der Waals surface area contributed by atoms with Gasteiger partial charge in [0.05, 0.1) is 11.4 Å². The molecule has 0 aliphatic heterocycles. The molecule has 20 heavy (non-hydrogen) atoms. The van der Waals surface area contributed by atoms with Crippen molar-refractivity contribution >= 4 is 11.5 Å². The zero-order valence-electron chi connectivity index (χ0n) is 11.3. The van der Waals surface area contributed by atoms with Crippen LogP contribution in [-0.4, -0.2) is 20.8 Å². The number of nitrogens with zero attached hydrogens (tertiary/aromatic N) is 3. The number of rotatable bonds is 4. The minimum atomic E-state index is -0.414. The number of benzene rings is 1. The Hall–Kier alpha value is -2.57. The minimum Gasteiger partial charge on any atom is -0.409 e. The fraction of sp³-hybridized carbons (Fsp3) is 0.231. The normalized spacial score (nSPS) is 11.7. The van der Waals surface area contributed by atoms with E-state index in [2.05, 4.69) is 15.6 Å². The summed E-state index contributed by atoms with van der Waals surface area (Å²) in [5.41, 5.74) is 7.94. The van der Waals surface area contributed by atoms with E-state index in [-0.39, 0.29) is 5.84 Å². The average Bonchev–Trinajstić information content (AvgIpc) is 2.74. The van der Waals surface area contributed by atoms with Crippen molar-refractivity contribution in [1.29, 1.82) is 0 Å². The van der Waals surface area contributed by atoms with E-state index in [1.807, 2.05) is 20.2 Å². The molecule has 7 heteroatoms. The van der Waals surface area contributed by atoms with Crippen molar-refractivity contribution in [3.05, 3.63) is 47.0 Å². The summed E-state index contributed by atoms with van der Waals surface area (Å²) < 4.78 is 15.6. The molecule has 0 fully saturated rings. The number of oxime groups is 1. The molecule has 0 saturated heterocycles. The number of aromatic nitrogens is 2. The third kappa shape index (κ3) is 2.87. The predicted molar refractivity (Wildman–Crippen MR) is 74.2 cm³/mol. The maximum Gasteiger partial charge on any atom is 0.170 e. The van der Waals surface area contributed by atoms with Crippen molar-refractivity contribution in [3.63, 3.8) is 0 Å². The summed E-state index contributed by atoms with van der Waals surface area (Å²) in [6.45, 7) is 2.20. The summed E-state index contributed by atoms with van der Waals surface area (Å²) in [5.74, 6) is -0.533. The zero-order valence-corrected chi connectivity index (χ0v) is 11.3. The van der Waals surface area contributed by atoms with E-state index in [9.17, 15) is 4.39 Å². The molecule has 0 saturated carbocycles. The van der Waals surface area contributed by atoms with E-state index < -0.39 is 5.82 Å². The average molecular weight is 277 g/mol. The highest BCUT2D eigenvalue weighted by atomic mass is 19.1. The highest BCUT2D eigenvalue weighted by Gasteiger charge is 2.08. The molecule has 0 amide bonds. The van der Waals surface area contributed by atoms with E-state index in [4.69, 9.17) is 10.9 Å². The number of hydrogen-bond acceptors (Lipinski definition) is 4. The predicted octanol–water partition coefficient (Wildman–Crippen LogP) is 1.57. The SMILES string of the molecule is Cc1nn(C)cc1NCc1ccc(/C(N)=N/O)cc1F. The van der Waals surface area contributed by atoms with Crippen molar-refractivity contribution in [2.75, 3.05) is 5.32 Å². The number of halogens is 1. The molecule has 2 aromatic rings. The fourth-order valence-electron chi connectivity index (χ4n) is 1.87. The Morgan fingerprint density at radius 3 is 2.85 bits per heavy atom. The Labute approximate surface area is 115 Å². The molecule has 2 rings (SSSR count). The van der Waals surface area contributed by atoms with Crippen molar-refractivity contribution < 1.29 is 9.60 Å². The van der Waals surface area contributed by atoms with Crippen LogP contribution in [0.3, 0.4) is 0 Å². The highest BCUT2D eigenvalue weighted by Crippen LogP contribution is 2.15. The molecule has 1 heterocycles. The lowest BCUT2D eigenvalue weighted by molar-refractivity contribution is 0.318. The van der Waals surface area contributed by atoms with Gasteiger partial charge in [-0.05, 0) is 13.0 Å². The number of amidine groups is 1. The first-order chi connectivity index (χ1) is 9.51. The Balaban J connectivity index is 2.12. The maximum atomic E-state index is 13.9. The summed E-state index contributed by atoms with van der Waals surface area (Å²) in [5, 5.41) is 18.7. The van der Waals surface area contributed by atoms with E-state index in [0.29, 0.717) is 17.7 Å². The third-order valence-electron chi connectivity index (χ3n) is 2.94. The zero-order chi connectivity index (χ0) is 14.7.